The van der Waals surface area contributed by atoms with Crippen molar-refractivity contribution in [1.82, 2.24) is 0 Å². The van der Waals surface area contributed by atoms with Crippen molar-refractivity contribution in [1.29, 1.82) is 0 Å². The van der Waals surface area contributed by atoms with Gasteiger partial charge in [0.15, 0.2) is 0 Å². The van der Waals surface area contributed by atoms with Crippen molar-refractivity contribution in [2.75, 3.05) is 7.11 Å². The summed E-state index contributed by atoms with van der Waals surface area (Å²) in [6, 6.07) is 0. The van der Waals surface area contributed by atoms with Gasteiger partial charge >= 0.3 is 0 Å². The van der Waals surface area contributed by atoms with Gasteiger partial charge < -0.3 is 4.74 Å². The zero-order valence-electron chi connectivity index (χ0n) is 9.52. The van der Waals surface area contributed by atoms with Crippen molar-refractivity contribution in [3.8, 4) is 0 Å². The molecule has 0 heterocycles. The minimum absolute atomic E-state index is 0.180. The van der Waals surface area contributed by atoms with Crippen LogP contribution >= 0.6 is 0 Å². The van der Waals surface area contributed by atoms with Gasteiger partial charge in [0, 0.05) is 19.4 Å². The molecule has 0 spiro atoms. The Morgan fingerprint density at radius 2 is 2.00 bits per heavy atom. The molecule has 0 bridgehead atoms. The summed E-state index contributed by atoms with van der Waals surface area (Å²) >= 11 is 0. The average Bonchev–Trinajstić information content (AvgIpc) is 2.04. The monoisotopic (exact) mass is 186 g/mol. The average molecular weight is 186 g/mol. The summed E-state index contributed by atoms with van der Waals surface area (Å²) in [4.78, 5) is 11.6. The molecule has 0 aromatic rings. The van der Waals surface area contributed by atoms with E-state index in [9.17, 15) is 4.79 Å². The van der Waals surface area contributed by atoms with E-state index >= 15 is 0 Å². The van der Waals surface area contributed by atoms with E-state index in [0.29, 0.717) is 12.2 Å². The Balaban J connectivity index is 3.99. The van der Waals surface area contributed by atoms with Crippen molar-refractivity contribution in [2.45, 2.75) is 52.6 Å². The highest BCUT2D eigenvalue weighted by atomic mass is 16.5. The van der Waals surface area contributed by atoms with Crippen LogP contribution in [0.25, 0.3) is 0 Å². The molecular formula is C11H22O2. The van der Waals surface area contributed by atoms with Crippen LogP contribution in [0.1, 0.15) is 47.0 Å². The number of hydrogen-bond donors (Lipinski definition) is 0. The van der Waals surface area contributed by atoms with Crippen LogP contribution in [-0.2, 0) is 9.53 Å². The molecule has 0 aromatic heterocycles. The Labute approximate surface area is 81.7 Å². The lowest BCUT2D eigenvalue weighted by Gasteiger charge is -2.23. The molecule has 0 aliphatic rings. The van der Waals surface area contributed by atoms with Crippen LogP contribution in [0.15, 0.2) is 0 Å². The molecule has 78 valence electrons. The second-order valence-corrected chi connectivity index (χ2v) is 4.30. The lowest BCUT2D eigenvalue weighted by atomic mass is 9.92. The minimum Gasteiger partial charge on any atom is -0.378 e. The second kappa shape index (κ2) is 5.38. The van der Waals surface area contributed by atoms with Gasteiger partial charge in [-0.25, -0.2) is 0 Å². The first-order valence-electron chi connectivity index (χ1n) is 5.00. The van der Waals surface area contributed by atoms with Gasteiger partial charge in [-0.1, -0.05) is 20.3 Å². The van der Waals surface area contributed by atoms with E-state index in [4.69, 9.17) is 4.74 Å². The highest BCUT2D eigenvalue weighted by Crippen LogP contribution is 2.18. The molecule has 0 radical (unpaired) electrons. The molecule has 13 heavy (non-hydrogen) atoms. The summed E-state index contributed by atoms with van der Waals surface area (Å²) in [6.07, 6.45) is 2.57. The van der Waals surface area contributed by atoms with Crippen LogP contribution in [0.5, 0.6) is 0 Å². The van der Waals surface area contributed by atoms with Crippen LogP contribution < -0.4 is 0 Å². The molecule has 0 aliphatic carbocycles. The van der Waals surface area contributed by atoms with Crippen LogP contribution in [0.2, 0.25) is 0 Å². The molecule has 0 aliphatic heterocycles. The largest absolute Gasteiger partial charge is 0.378 e. The summed E-state index contributed by atoms with van der Waals surface area (Å²) in [7, 11) is 1.65. The molecule has 0 aromatic carbocycles. The van der Waals surface area contributed by atoms with Gasteiger partial charge in [0.05, 0.1) is 5.60 Å². The van der Waals surface area contributed by atoms with Crippen LogP contribution in [-0.4, -0.2) is 18.5 Å². The van der Waals surface area contributed by atoms with Crippen LogP contribution in [0, 0.1) is 5.92 Å². The third-order valence-electron chi connectivity index (χ3n) is 2.42. The van der Waals surface area contributed by atoms with Crippen LogP contribution in [0.4, 0.5) is 0 Å². The minimum atomic E-state index is -0.306. The van der Waals surface area contributed by atoms with Gasteiger partial charge in [0.25, 0.3) is 0 Å². The standard InChI is InChI=1S/C11H22O2/c1-6-7-9(2)10(12)8-11(3,4)13-5/h9H,6-8H2,1-5H3. The molecule has 0 rings (SSSR count). The fraction of sp³-hybridized carbons (Fsp3) is 0.909. The normalized spacial score (nSPS) is 14.2. The third-order valence-corrected chi connectivity index (χ3v) is 2.42. The SMILES string of the molecule is CCCC(C)C(=O)CC(C)(C)OC. The molecule has 0 saturated carbocycles. The van der Waals surface area contributed by atoms with Crippen molar-refractivity contribution >= 4 is 5.78 Å². The van der Waals surface area contributed by atoms with Crippen LogP contribution in [0.3, 0.4) is 0 Å². The molecule has 0 saturated heterocycles. The third kappa shape index (κ3) is 5.04. The Kier molecular flexibility index (Phi) is 5.23. The summed E-state index contributed by atoms with van der Waals surface area (Å²) in [6.45, 7) is 8.00. The van der Waals surface area contributed by atoms with Crippen molar-refractivity contribution in [3.05, 3.63) is 0 Å². The number of Topliss-reactive ketones (excluding diaryl/α,β-unsaturated/α-hetero) is 1. The number of hydrogen-bond acceptors (Lipinski definition) is 2. The summed E-state index contributed by atoms with van der Waals surface area (Å²) in [5.74, 6) is 0.494. The number of ketones is 1. The van der Waals surface area contributed by atoms with Crippen molar-refractivity contribution < 1.29 is 9.53 Å². The smallest absolute Gasteiger partial charge is 0.138 e. The Morgan fingerprint density at radius 1 is 1.46 bits per heavy atom. The van der Waals surface area contributed by atoms with Gasteiger partial charge in [-0.15, -0.1) is 0 Å². The summed E-state index contributed by atoms with van der Waals surface area (Å²) in [5, 5.41) is 0. The van der Waals surface area contributed by atoms with E-state index in [0.717, 1.165) is 12.8 Å². The van der Waals surface area contributed by atoms with Gasteiger partial charge in [0.2, 0.25) is 0 Å². The predicted octanol–water partition coefficient (Wildman–Crippen LogP) is 2.81. The Hall–Kier alpha value is -0.370. The molecular weight excluding hydrogens is 164 g/mol. The van der Waals surface area contributed by atoms with Crippen molar-refractivity contribution in [3.63, 3.8) is 0 Å². The molecule has 0 fully saturated rings. The van der Waals surface area contributed by atoms with Gasteiger partial charge in [-0.2, -0.15) is 0 Å². The molecule has 2 nitrogen and oxygen atoms in total. The lowest BCUT2D eigenvalue weighted by molar-refractivity contribution is -0.127. The van der Waals surface area contributed by atoms with Gasteiger partial charge in [0.1, 0.15) is 5.78 Å². The molecule has 0 N–H and O–H groups in total. The number of carbonyl (C=O) groups is 1. The zero-order chi connectivity index (χ0) is 10.5. The second-order valence-electron chi connectivity index (χ2n) is 4.30. The quantitative estimate of drug-likeness (QED) is 0.637. The maximum absolute atomic E-state index is 11.6. The van der Waals surface area contributed by atoms with E-state index in [1.165, 1.54) is 0 Å². The lowest BCUT2D eigenvalue weighted by Crippen LogP contribution is -2.28. The van der Waals surface area contributed by atoms with E-state index in [1.54, 1.807) is 7.11 Å². The predicted molar refractivity (Wildman–Crippen MR) is 54.8 cm³/mol. The van der Waals surface area contributed by atoms with E-state index in [-0.39, 0.29) is 11.5 Å². The van der Waals surface area contributed by atoms with E-state index in [1.807, 2.05) is 20.8 Å². The number of methoxy groups -OCH3 is 1. The summed E-state index contributed by atoms with van der Waals surface area (Å²) < 4.78 is 5.22. The van der Waals surface area contributed by atoms with Crippen molar-refractivity contribution in [2.24, 2.45) is 5.92 Å². The fourth-order valence-electron chi connectivity index (χ4n) is 1.26. The molecule has 2 heteroatoms. The zero-order valence-corrected chi connectivity index (χ0v) is 9.52. The number of rotatable bonds is 6. The number of ether oxygens (including phenoxy) is 1. The maximum Gasteiger partial charge on any atom is 0.138 e. The van der Waals surface area contributed by atoms with E-state index < -0.39 is 0 Å². The topological polar surface area (TPSA) is 26.3 Å². The van der Waals surface area contributed by atoms with Gasteiger partial charge in [-0.05, 0) is 20.3 Å². The van der Waals surface area contributed by atoms with E-state index in [2.05, 4.69) is 6.92 Å². The fourth-order valence-corrected chi connectivity index (χ4v) is 1.26. The molecule has 1 atom stereocenters. The number of carbonyl (C=O) groups excluding carboxylic acids is 1. The highest BCUT2D eigenvalue weighted by molar-refractivity contribution is 5.81. The first-order chi connectivity index (χ1) is 5.93. The first-order valence-corrected chi connectivity index (χ1v) is 5.00. The highest BCUT2D eigenvalue weighted by Gasteiger charge is 2.23. The Morgan fingerprint density at radius 3 is 2.38 bits per heavy atom. The first kappa shape index (κ1) is 12.6. The maximum atomic E-state index is 11.6. The van der Waals surface area contributed by atoms with Gasteiger partial charge in [-0.3, -0.25) is 4.79 Å². The summed E-state index contributed by atoms with van der Waals surface area (Å²) in [5.41, 5.74) is -0.306. The Bertz CT molecular complexity index is 161. The molecule has 0 amide bonds. The molecule has 1 unspecified atom stereocenters.